The second-order valence-corrected chi connectivity index (χ2v) is 3.97. The van der Waals surface area contributed by atoms with Crippen LogP contribution in [0.4, 0.5) is 0 Å². The first-order chi connectivity index (χ1) is 7.20. The Bertz CT molecular complexity index is 208. The molecule has 0 spiro atoms. The SMILES string of the molecule is CCN(CCCO)C(=O)C1CCOC1C. The van der Waals surface area contributed by atoms with Crippen LogP contribution in [0.2, 0.25) is 0 Å². The Morgan fingerprint density at radius 1 is 1.60 bits per heavy atom. The van der Waals surface area contributed by atoms with Crippen LogP contribution in [0.15, 0.2) is 0 Å². The van der Waals surface area contributed by atoms with Crippen molar-refractivity contribution in [1.82, 2.24) is 4.90 Å². The summed E-state index contributed by atoms with van der Waals surface area (Å²) in [7, 11) is 0. The highest BCUT2D eigenvalue weighted by molar-refractivity contribution is 5.79. The molecular formula is C11H21NO3. The fourth-order valence-electron chi connectivity index (χ4n) is 1.98. The van der Waals surface area contributed by atoms with Gasteiger partial charge in [0.15, 0.2) is 0 Å². The molecule has 2 atom stereocenters. The smallest absolute Gasteiger partial charge is 0.228 e. The molecule has 1 N–H and O–H groups in total. The highest BCUT2D eigenvalue weighted by atomic mass is 16.5. The van der Waals surface area contributed by atoms with Crippen LogP contribution in [0.25, 0.3) is 0 Å². The minimum Gasteiger partial charge on any atom is -0.396 e. The molecule has 0 saturated carbocycles. The molecular weight excluding hydrogens is 194 g/mol. The van der Waals surface area contributed by atoms with Gasteiger partial charge in [0.1, 0.15) is 0 Å². The summed E-state index contributed by atoms with van der Waals surface area (Å²) in [6.07, 6.45) is 1.53. The number of amides is 1. The van der Waals surface area contributed by atoms with Crippen LogP contribution in [-0.2, 0) is 9.53 Å². The van der Waals surface area contributed by atoms with Gasteiger partial charge < -0.3 is 14.7 Å². The summed E-state index contributed by atoms with van der Waals surface area (Å²) >= 11 is 0. The van der Waals surface area contributed by atoms with Gasteiger partial charge >= 0.3 is 0 Å². The molecule has 1 heterocycles. The molecule has 0 bridgehead atoms. The molecule has 1 saturated heterocycles. The van der Waals surface area contributed by atoms with Crippen molar-refractivity contribution in [2.24, 2.45) is 5.92 Å². The standard InChI is InChI=1S/C11H21NO3/c1-3-12(6-4-7-13)11(14)10-5-8-15-9(10)2/h9-10,13H,3-8H2,1-2H3. The predicted octanol–water partition coefficient (Wildman–Crippen LogP) is 0.642. The molecule has 0 aromatic heterocycles. The highest BCUT2D eigenvalue weighted by Gasteiger charge is 2.33. The fourth-order valence-corrected chi connectivity index (χ4v) is 1.98. The van der Waals surface area contributed by atoms with E-state index in [4.69, 9.17) is 9.84 Å². The van der Waals surface area contributed by atoms with E-state index in [1.807, 2.05) is 18.7 Å². The van der Waals surface area contributed by atoms with Crippen molar-refractivity contribution < 1.29 is 14.6 Å². The summed E-state index contributed by atoms with van der Waals surface area (Å²) in [4.78, 5) is 13.9. The first-order valence-electron chi connectivity index (χ1n) is 5.72. The molecule has 4 nitrogen and oxygen atoms in total. The third kappa shape index (κ3) is 3.18. The number of hydrogen-bond donors (Lipinski definition) is 1. The minimum absolute atomic E-state index is 0.0173. The zero-order valence-electron chi connectivity index (χ0n) is 9.61. The summed E-state index contributed by atoms with van der Waals surface area (Å²) < 4.78 is 5.39. The molecule has 0 aliphatic carbocycles. The molecule has 4 heteroatoms. The van der Waals surface area contributed by atoms with Gasteiger partial charge in [0.2, 0.25) is 5.91 Å². The summed E-state index contributed by atoms with van der Waals surface area (Å²) in [6.45, 7) is 6.11. The van der Waals surface area contributed by atoms with E-state index in [0.29, 0.717) is 26.1 Å². The average Bonchev–Trinajstić information content (AvgIpc) is 2.65. The lowest BCUT2D eigenvalue weighted by atomic mass is 10.0. The van der Waals surface area contributed by atoms with E-state index >= 15 is 0 Å². The van der Waals surface area contributed by atoms with Gasteiger partial charge in [-0.3, -0.25) is 4.79 Å². The third-order valence-corrected chi connectivity index (χ3v) is 2.97. The monoisotopic (exact) mass is 215 g/mol. The van der Waals surface area contributed by atoms with Gasteiger partial charge in [0.05, 0.1) is 12.0 Å². The van der Waals surface area contributed by atoms with E-state index in [0.717, 1.165) is 6.42 Å². The maximum absolute atomic E-state index is 12.1. The summed E-state index contributed by atoms with van der Waals surface area (Å²) in [5.41, 5.74) is 0. The summed E-state index contributed by atoms with van der Waals surface area (Å²) in [5.74, 6) is 0.194. The zero-order chi connectivity index (χ0) is 11.3. The second-order valence-electron chi connectivity index (χ2n) is 3.97. The van der Waals surface area contributed by atoms with E-state index in [1.165, 1.54) is 0 Å². The van der Waals surface area contributed by atoms with Crippen LogP contribution in [0.3, 0.4) is 0 Å². The van der Waals surface area contributed by atoms with Crippen molar-refractivity contribution in [3.05, 3.63) is 0 Å². The summed E-state index contributed by atoms with van der Waals surface area (Å²) in [5, 5.41) is 8.75. The van der Waals surface area contributed by atoms with Crippen molar-refractivity contribution in [3.8, 4) is 0 Å². The van der Waals surface area contributed by atoms with Crippen molar-refractivity contribution in [3.63, 3.8) is 0 Å². The quantitative estimate of drug-likeness (QED) is 0.732. The lowest BCUT2D eigenvalue weighted by Crippen LogP contribution is -2.39. The van der Waals surface area contributed by atoms with Gasteiger partial charge in [0.25, 0.3) is 0 Å². The molecule has 1 aliphatic heterocycles. The molecule has 1 rings (SSSR count). The molecule has 1 amide bonds. The highest BCUT2D eigenvalue weighted by Crippen LogP contribution is 2.22. The normalized spacial score (nSPS) is 25.5. The third-order valence-electron chi connectivity index (χ3n) is 2.97. The van der Waals surface area contributed by atoms with E-state index in [9.17, 15) is 4.79 Å². The number of carbonyl (C=O) groups excluding carboxylic acids is 1. The Kier molecular flexibility index (Phi) is 5.05. The Morgan fingerprint density at radius 2 is 2.33 bits per heavy atom. The molecule has 15 heavy (non-hydrogen) atoms. The topological polar surface area (TPSA) is 49.8 Å². The van der Waals surface area contributed by atoms with Gasteiger partial charge in [-0.2, -0.15) is 0 Å². The number of hydrogen-bond acceptors (Lipinski definition) is 3. The Morgan fingerprint density at radius 3 is 2.80 bits per heavy atom. The Hall–Kier alpha value is -0.610. The fraction of sp³-hybridized carbons (Fsp3) is 0.909. The first kappa shape index (κ1) is 12.5. The molecule has 1 aliphatic rings. The van der Waals surface area contributed by atoms with E-state index in [-0.39, 0.29) is 24.5 Å². The van der Waals surface area contributed by atoms with Gasteiger partial charge in [-0.15, -0.1) is 0 Å². The lowest BCUT2D eigenvalue weighted by Gasteiger charge is -2.25. The minimum atomic E-state index is 0.0173. The average molecular weight is 215 g/mol. The van der Waals surface area contributed by atoms with Crippen LogP contribution in [0.1, 0.15) is 26.7 Å². The maximum Gasteiger partial charge on any atom is 0.228 e. The maximum atomic E-state index is 12.1. The molecule has 88 valence electrons. The van der Waals surface area contributed by atoms with E-state index in [1.54, 1.807) is 0 Å². The van der Waals surface area contributed by atoms with Crippen LogP contribution in [0.5, 0.6) is 0 Å². The Labute approximate surface area is 91.2 Å². The van der Waals surface area contributed by atoms with Gasteiger partial charge in [-0.1, -0.05) is 0 Å². The number of aliphatic hydroxyl groups excluding tert-OH is 1. The molecule has 1 fully saturated rings. The second kappa shape index (κ2) is 6.08. The number of rotatable bonds is 5. The number of ether oxygens (including phenoxy) is 1. The van der Waals surface area contributed by atoms with Gasteiger partial charge in [-0.05, 0) is 26.7 Å². The van der Waals surface area contributed by atoms with Crippen molar-refractivity contribution in [1.29, 1.82) is 0 Å². The zero-order valence-corrected chi connectivity index (χ0v) is 9.61. The van der Waals surface area contributed by atoms with Crippen molar-refractivity contribution in [2.75, 3.05) is 26.3 Å². The molecule has 0 aromatic carbocycles. The van der Waals surface area contributed by atoms with Gasteiger partial charge in [-0.25, -0.2) is 0 Å². The van der Waals surface area contributed by atoms with Crippen molar-refractivity contribution in [2.45, 2.75) is 32.8 Å². The van der Waals surface area contributed by atoms with E-state index in [2.05, 4.69) is 0 Å². The summed E-state index contributed by atoms with van der Waals surface area (Å²) in [6, 6.07) is 0. The Balaban J connectivity index is 2.48. The number of aliphatic hydroxyl groups is 1. The molecule has 0 radical (unpaired) electrons. The largest absolute Gasteiger partial charge is 0.396 e. The molecule has 0 aromatic rings. The lowest BCUT2D eigenvalue weighted by molar-refractivity contribution is -0.136. The first-order valence-corrected chi connectivity index (χ1v) is 5.72. The van der Waals surface area contributed by atoms with Crippen LogP contribution >= 0.6 is 0 Å². The number of carbonyl (C=O) groups is 1. The molecule has 2 unspecified atom stereocenters. The predicted molar refractivity (Wildman–Crippen MR) is 57.5 cm³/mol. The van der Waals surface area contributed by atoms with Crippen LogP contribution < -0.4 is 0 Å². The number of nitrogens with zero attached hydrogens (tertiary/aromatic N) is 1. The van der Waals surface area contributed by atoms with E-state index < -0.39 is 0 Å². The van der Waals surface area contributed by atoms with Crippen molar-refractivity contribution >= 4 is 5.91 Å². The van der Waals surface area contributed by atoms with Crippen LogP contribution in [-0.4, -0.2) is 48.3 Å². The van der Waals surface area contributed by atoms with Crippen LogP contribution in [0, 0.1) is 5.92 Å². The van der Waals surface area contributed by atoms with Gasteiger partial charge in [0, 0.05) is 26.3 Å².